The lowest BCUT2D eigenvalue weighted by Crippen LogP contribution is -2.39. The van der Waals surface area contributed by atoms with Gasteiger partial charge in [0.1, 0.15) is 0 Å². The molecule has 0 bridgehead atoms. The van der Waals surface area contributed by atoms with Crippen LogP contribution < -0.4 is 15.1 Å². The van der Waals surface area contributed by atoms with Crippen LogP contribution in [-0.2, 0) is 17.6 Å². The van der Waals surface area contributed by atoms with Gasteiger partial charge in [-0.15, -0.1) is 0 Å². The number of rotatable bonds is 6. The van der Waals surface area contributed by atoms with Crippen molar-refractivity contribution in [2.75, 3.05) is 42.5 Å². The third-order valence-corrected chi connectivity index (χ3v) is 5.73. The van der Waals surface area contributed by atoms with E-state index in [1.54, 1.807) is 0 Å². The first kappa shape index (κ1) is 17.9. The van der Waals surface area contributed by atoms with Gasteiger partial charge < -0.3 is 15.1 Å². The van der Waals surface area contributed by atoms with Gasteiger partial charge in [0.05, 0.1) is 0 Å². The second kappa shape index (κ2) is 8.47. The molecule has 0 aliphatic carbocycles. The molecular formula is C23H29N3O. The van der Waals surface area contributed by atoms with Crippen molar-refractivity contribution in [2.45, 2.75) is 32.1 Å². The molecule has 2 aliphatic heterocycles. The highest BCUT2D eigenvalue weighted by molar-refractivity contribution is 5.76. The van der Waals surface area contributed by atoms with Crippen molar-refractivity contribution in [3.8, 4) is 0 Å². The first-order chi connectivity index (χ1) is 13.3. The van der Waals surface area contributed by atoms with Crippen molar-refractivity contribution >= 4 is 17.3 Å². The Bertz CT molecular complexity index is 789. The van der Waals surface area contributed by atoms with Crippen molar-refractivity contribution in [2.24, 2.45) is 0 Å². The van der Waals surface area contributed by atoms with E-state index in [1.165, 1.54) is 35.3 Å². The predicted octanol–water partition coefficient (Wildman–Crippen LogP) is 3.40. The molecular weight excluding hydrogens is 334 g/mol. The third kappa shape index (κ3) is 4.26. The first-order valence-corrected chi connectivity index (χ1v) is 10.2. The van der Waals surface area contributed by atoms with Crippen molar-refractivity contribution in [1.82, 2.24) is 5.32 Å². The van der Waals surface area contributed by atoms with Crippen LogP contribution in [0, 0.1) is 0 Å². The van der Waals surface area contributed by atoms with E-state index < -0.39 is 0 Å². The van der Waals surface area contributed by atoms with Crippen LogP contribution in [0.25, 0.3) is 0 Å². The SMILES string of the molecule is O=C(CCN1CCCc2ccccc21)NCCN1CCCc2ccccc21. The summed E-state index contributed by atoms with van der Waals surface area (Å²) in [6, 6.07) is 17.2. The van der Waals surface area contributed by atoms with Crippen LogP contribution in [-0.4, -0.2) is 38.6 Å². The molecule has 0 radical (unpaired) electrons. The number of carbonyl (C=O) groups excluding carboxylic acids is 1. The first-order valence-electron chi connectivity index (χ1n) is 10.2. The highest BCUT2D eigenvalue weighted by Crippen LogP contribution is 2.27. The number of aryl methyl sites for hydroxylation is 2. The number of fused-ring (bicyclic) bond motifs is 2. The summed E-state index contributed by atoms with van der Waals surface area (Å²) >= 11 is 0. The lowest BCUT2D eigenvalue weighted by molar-refractivity contribution is -0.120. The van der Waals surface area contributed by atoms with Gasteiger partial charge >= 0.3 is 0 Å². The van der Waals surface area contributed by atoms with Crippen molar-refractivity contribution in [1.29, 1.82) is 0 Å². The molecule has 4 nitrogen and oxygen atoms in total. The number of benzene rings is 2. The van der Waals surface area contributed by atoms with Gasteiger partial charge in [-0.25, -0.2) is 0 Å². The van der Waals surface area contributed by atoms with E-state index in [0.717, 1.165) is 39.0 Å². The van der Waals surface area contributed by atoms with Crippen LogP contribution in [0.15, 0.2) is 48.5 Å². The molecule has 0 unspecified atom stereocenters. The molecule has 1 amide bonds. The average molecular weight is 364 g/mol. The van der Waals surface area contributed by atoms with Gasteiger partial charge in [0.2, 0.25) is 5.91 Å². The van der Waals surface area contributed by atoms with E-state index in [2.05, 4.69) is 63.6 Å². The van der Waals surface area contributed by atoms with Gasteiger partial charge in [0.15, 0.2) is 0 Å². The fourth-order valence-corrected chi connectivity index (χ4v) is 4.34. The predicted molar refractivity (Wildman–Crippen MR) is 112 cm³/mol. The average Bonchev–Trinajstić information content (AvgIpc) is 2.72. The highest BCUT2D eigenvalue weighted by atomic mass is 16.1. The van der Waals surface area contributed by atoms with E-state index in [1.807, 2.05) is 0 Å². The number of nitrogens with zero attached hydrogens (tertiary/aromatic N) is 2. The van der Waals surface area contributed by atoms with Crippen LogP contribution in [0.1, 0.15) is 30.4 Å². The standard InChI is InChI=1S/C23H29N3O/c27-23(13-17-25-15-5-9-19-7-1-3-11-21(19)25)24-14-18-26-16-6-10-20-8-2-4-12-22(20)26/h1-4,7-8,11-12H,5-6,9-10,13-18H2,(H,24,27). The fraction of sp³-hybridized carbons (Fsp3) is 0.435. The molecule has 0 fully saturated rings. The van der Waals surface area contributed by atoms with E-state index in [0.29, 0.717) is 13.0 Å². The minimum atomic E-state index is 0.156. The number of hydrogen-bond acceptors (Lipinski definition) is 3. The Kier molecular flexibility index (Phi) is 5.61. The summed E-state index contributed by atoms with van der Waals surface area (Å²) < 4.78 is 0. The maximum atomic E-state index is 12.3. The Labute approximate surface area is 162 Å². The Balaban J connectivity index is 1.23. The number of hydrogen-bond donors (Lipinski definition) is 1. The Morgan fingerprint density at radius 3 is 2.00 bits per heavy atom. The van der Waals surface area contributed by atoms with Crippen LogP contribution in [0.3, 0.4) is 0 Å². The summed E-state index contributed by atoms with van der Waals surface area (Å²) in [5.74, 6) is 0.156. The molecule has 2 aromatic carbocycles. The van der Waals surface area contributed by atoms with E-state index >= 15 is 0 Å². The second-order valence-corrected chi connectivity index (χ2v) is 7.54. The number of carbonyl (C=O) groups is 1. The van der Waals surface area contributed by atoms with Crippen LogP contribution in [0.4, 0.5) is 11.4 Å². The van der Waals surface area contributed by atoms with Gasteiger partial charge in [-0.2, -0.15) is 0 Å². The topological polar surface area (TPSA) is 35.6 Å². The van der Waals surface area contributed by atoms with Gasteiger partial charge in [0, 0.05) is 50.5 Å². The van der Waals surface area contributed by atoms with Gasteiger partial charge in [-0.05, 0) is 48.9 Å². The zero-order chi connectivity index (χ0) is 18.5. The molecule has 4 rings (SSSR count). The van der Waals surface area contributed by atoms with Crippen LogP contribution >= 0.6 is 0 Å². The molecule has 142 valence electrons. The molecule has 2 aliphatic rings. The minimum Gasteiger partial charge on any atom is -0.371 e. The van der Waals surface area contributed by atoms with Crippen molar-refractivity contribution in [3.63, 3.8) is 0 Å². The Morgan fingerprint density at radius 2 is 1.37 bits per heavy atom. The zero-order valence-corrected chi connectivity index (χ0v) is 16.0. The summed E-state index contributed by atoms with van der Waals surface area (Å²) in [7, 11) is 0. The zero-order valence-electron chi connectivity index (χ0n) is 16.0. The van der Waals surface area contributed by atoms with Crippen molar-refractivity contribution < 1.29 is 4.79 Å². The lowest BCUT2D eigenvalue weighted by Gasteiger charge is -2.32. The summed E-state index contributed by atoms with van der Waals surface area (Å²) in [4.78, 5) is 17.1. The molecule has 4 heteroatoms. The molecule has 2 aromatic rings. The number of amides is 1. The molecule has 2 heterocycles. The summed E-state index contributed by atoms with van der Waals surface area (Å²) in [5, 5.41) is 3.12. The molecule has 0 saturated heterocycles. The number of para-hydroxylation sites is 2. The fourth-order valence-electron chi connectivity index (χ4n) is 4.34. The van der Waals surface area contributed by atoms with Gasteiger partial charge in [0.25, 0.3) is 0 Å². The number of nitrogens with one attached hydrogen (secondary N) is 1. The summed E-state index contributed by atoms with van der Waals surface area (Å²) in [6.45, 7) is 4.53. The van der Waals surface area contributed by atoms with Crippen molar-refractivity contribution in [3.05, 3.63) is 59.7 Å². The largest absolute Gasteiger partial charge is 0.371 e. The summed E-state index contributed by atoms with van der Waals surface area (Å²) in [5.41, 5.74) is 5.48. The second-order valence-electron chi connectivity index (χ2n) is 7.54. The normalized spacial score (nSPS) is 15.9. The van der Waals surface area contributed by atoms with Gasteiger partial charge in [-0.3, -0.25) is 4.79 Å². The smallest absolute Gasteiger partial charge is 0.221 e. The van der Waals surface area contributed by atoms with E-state index in [-0.39, 0.29) is 5.91 Å². The monoisotopic (exact) mass is 363 g/mol. The summed E-state index contributed by atoms with van der Waals surface area (Å²) in [6.07, 6.45) is 5.24. The maximum Gasteiger partial charge on any atom is 0.221 e. The van der Waals surface area contributed by atoms with Crippen LogP contribution in [0.2, 0.25) is 0 Å². The molecule has 1 N–H and O–H groups in total. The molecule has 27 heavy (non-hydrogen) atoms. The molecule has 0 saturated carbocycles. The Hall–Kier alpha value is -2.49. The van der Waals surface area contributed by atoms with E-state index in [9.17, 15) is 4.79 Å². The molecule has 0 spiro atoms. The van der Waals surface area contributed by atoms with Crippen LogP contribution in [0.5, 0.6) is 0 Å². The van der Waals surface area contributed by atoms with Gasteiger partial charge in [-0.1, -0.05) is 36.4 Å². The lowest BCUT2D eigenvalue weighted by atomic mass is 10.0. The molecule has 0 atom stereocenters. The minimum absolute atomic E-state index is 0.156. The maximum absolute atomic E-state index is 12.3. The quantitative estimate of drug-likeness (QED) is 0.854. The third-order valence-electron chi connectivity index (χ3n) is 5.73. The highest BCUT2D eigenvalue weighted by Gasteiger charge is 2.18. The Morgan fingerprint density at radius 1 is 0.815 bits per heavy atom. The van der Waals surface area contributed by atoms with E-state index in [4.69, 9.17) is 0 Å². The molecule has 0 aromatic heterocycles. The number of anilines is 2.